The SMILES string of the molecule is CC(C)c1onc(-c2c(Cl)cccc2Cl)c1COc1ccc(-c2ccc(COc3ccc(C(=O)O)cc3)cc2)cc1. The Morgan fingerprint density at radius 3 is 1.90 bits per heavy atom. The first-order valence-electron chi connectivity index (χ1n) is 13.0. The number of carboxylic acid groups (broad SMARTS) is 1. The van der Waals surface area contributed by atoms with Crippen molar-refractivity contribution < 1.29 is 23.9 Å². The number of carboxylic acids is 1. The Kier molecular flexibility index (Phi) is 8.62. The topological polar surface area (TPSA) is 81.8 Å². The van der Waals surface area contributed by atoms with Gasteiger partial charge in [0.2, 0.25) is 0 Å². The first-order valence-corrected chi connectivity index (χ1v) is 13.8. The predicted molar refractivity (Wildman–Crippen MR) is 160 cm³/mol. The fourth-order valence-electron chi connectivity index (χ4n) is 4.39. The normalized spacial score (nSPS) is 11.0. The molecule has 5 rings (SSSR count). The standard InChI is InChI=1S/C33H27Cl2NO5/c1-20(2)32-27(31(36-41-32)30-28(34)4-3-5-29(30)35)19-40-26-14-10-23(11-15-26)22-8-6-21(7-9-22)18-39-25-16-12-24(13-17-25)33(37)38/h3-17,20H,18-19H2,1-2H3,(H,37,38). The molecule has 5 aromatic rings. The fourth-order valence-corrected chi connectivity index (χ4v) is 4.97. The zero-order valence-corrected chi connectivity index (χ0v) is 23.9. The number of halogens is 2. The van der Waals surface area contributed by atoms with Crippen molar-refractivity contribution in [1.29, 1.82) is 0 Å². The van der Waals surface area contributed by atoms with E-state index in [9.17, 15) is 4.79 Å². The second kappa shape index (κ2) is 12.5. The van der Waals surface area contributed by atoms with Crippen molar-refractivity contribution in [3.8, 4) is 33.9 Å². The maximum Gasteiger partial charge on any atom is 0.335 e. The Morgan fingerprint density at radius 2 is 1.34 bits per heavy atom. The van der Waals surface area contributed by atoms with Gasteiger partial charge in [-0.2, -0.15) is 0 Å². The molecule has 0 saturated heterocycles. The third-order valence-corrected chi connectivity index (χ3v) is 7.20. The average molecular weight is 588 g/mol. The van der Waals surface area contributed by atoms with Crippen molar-refractivity contribution in [2.24, 2.45) is 0 Å². The van der Waals surface area contributed by atoms with Gasteiger partial charge in [0.25, 0.3) is 0 Å². The van der Waals surface area contributed by atoms with Gasteiger partial charge in [0.1, 0.15) is 36.2 Å². The lowest BCUT2D eigenvalue weighted by atomic mass is 10.0. The summed E-state index contributed by atoms with van der Waals surface area (Å²) in [6.07, 6.45) is 0. The molecule has 41 heavy (non-hydrogen) atoms. The Bertz CT molecular complexity index is 1620. The van der Waals surface area contributed by atoms with E-state index in [2.05, 4.69) is 5.16 Å². The fraction of sp³-hybridized carbons (Fsp3) is 0.152. The van der Waals surface area contributed by atoms with Crippen LogP contribution in [0, 0.1) is 0 Å². The van der Waals surface area contributed by atoms with Gasteiger partial charge in [0.05, 0.1) is 21.2 Å². The maximum atomic E-state index is 11.0. The Balaban J connectivity index is 1.24. The van der Waals surface area contributed by atoms with Crippen LogP contribution in [0.25, 0.3) is 22.4 Å². The van der Waals surface area contributed by atoms with Crippen molar-refractivity contribution in [2.75, 3.05) is 0 Å². The zero-order valence-electron chi connectivity index (χ0n) is 22.4. The number of nitrogens with zero attached hydrogens (tertiary/aromatic N) is 1. The lowest BCUT2D eigenvalue weighted by molar-refractivity contribution is 0.0697. The number of hydrogen-bond donors (Lipinski definition) is 1. The number of carbonyl (C=O) groups is 1. The highest BCUT2D eigenvalue weighted by molar-refractivity contribution is 6.39. The van der Waals surface area contributed by atoms with Crippen LogP contribution >= 0.6 is 23.2 Å². The van der Waals surface area contributed by atoms with Gasteiger partial charge < -0.3 is 19.1 Å². The summed E-state index contributed by atoms with van der Waals surface area (Å²) in [5.74, 6) is 1.19. The minimum atomic E-state index is -0.963. The third kappa shape index (κ3) is 6.56. The van der Waals surface area contributed by atoms with E-state index in [-0.39, 0.29) is 18.1 Å². The summed E-state index contributed by atoms with van der Waals surface area (Å²) < 4.78 is 17.6. The largest absolute Gasteiger partial charge is 0.489 e. The Morgan fingerprint density at radius 1 is 0.805 bits per heavy atom. The first kappa shape index (κ1) is 28.3. The highest BCUT2D eigenvalue weighted by atomic mass is 35.5. The summed E-state index contributed by atoms with van der Waals surface area (Å²) in [6.45, 7) is 4.70. The number of hydrogen-bond acceptors (Lipinski definition) is 5. The van der Waals surface area contributed by atoms with E-state index < -0.39 is 5.97 Å². The molecule has 6 nitrogen and oxygen atoms in total. The number of rotatable bonds is 10. The minimum Gasteiger partial charge on any atom is -0.489 e. The van der Waals surface area contributed by atoms with Crippen LogP contribution < -0.4 is 9.47 Å². The number of ether oxygens (including phenoxy) is 2. The van der Waals surface area contributed by atoms with E-state index in [1.54, 1.807) is 30.3 Å². The molecule has 4 aromatic carbocycles. The van der Waals surface area contributed by atoms with Crippen molar-refractivity contribution in [2.45, 2.75) is 33.0 Å². The molecule has 0 radical (unpaired) electrons. The van der Waals surface area contributed by atoms with E-state index in [1.807, 2.05) is 62.4 Å². The zero-order chi connectivity index (χ0) is 28.9. The average Bonchev–Trinajstić information content (AvgIpc) is 3.39. The van der Waals surface area contributed by atoms with Crippen LogP contribution in [0.3, 0.4) is 0 Å². The first-order chi connectivity index (χ1) is 19.8. The molecule has 1 N–H and O–H groups in total. The second-order valence-electron chi connectivity index (χ2n) is 9.75. The molecule has 1 aromatic heterocycles. The molecule has 0 bridgehead atoms. The number of aromatic carboxylic acids is 1. The highest BCUT2D eigenvalue weighted by Gasteiger charge is 2.23. The van der Waals surface area contributed by atoms with Gasteiger partial charge in [-0.1, -0.05) is 84.7 Å². The molecule has 0 spiro atoms. The van der Waals surface area contributed by atoms with E-state index >= 15 is 0 Å². The summed E-state index contributed by atoms with van der Waals surface area (Å²) in [6, 6.07) is 27.7. The van der Waals surface area contributed by atoms with Crippen LogP contribution in [-0.2, 0) is 13.2 Å². The second-order valence-corrected chi connectivity index (χ2v) is 10.6. The Labute approximate surface area is 248 Å². The number of benzene rings is 4. The molecular formula is C33H27Cl2NO5. The summed E-state index contributed by atoms with van der Waals surface area (Å²) >= 11 is 12.9. The van der Waals surface area contributed by atoms with Crippen LogP contribution in [0.2, 0.25) is 10.0 Å². The lowest BCUT2D eigenvalue weighted by Crippen LogP contribution is -2.01. The monoisotopic (exact) mass is 587 g/mol. The van der Waals surface area contributed by atoms with Gasteiger partial charge >= 0.3 is 5.97 Å². The van der Waals surface area contributed by atoms with Crippen LogP contribution in [0.15, 0.2) is 95.5 Å². The van der Waals surface area contributed by atoms with Gasteiger partial charge in [0.15, 0.2) is 0 Å². The molecule has 1 heterocycles. The predicted octanol–water partition coefficient (Wildman–Crippen LogP) is 9.30. The molecule has 0 amide bonds. The van der Waals surface area contributed by atoms with Gasteiger partial charge in [-0.15, -0.1) is 0 Å². The van der Waals surface area contributed by atoms with E-state index in [0.29, 0.717) is 39.4 Å². The highest BCUT2D eigenvalue weighted by Crippen LogP contribution is 2.39. The van der Waals surface area contributed by atoms with Crippen molar-refractivity contribution in [1.82, 2.24) is 5.16 Å². The maximum absolute atomic E-state index is 11.0. The van der Waals surface area contributed by atoms with E-state index in [0.717, 1.165) is 28.0 Å². The quantitative estimate of drug-likeness (QED) is 0.175. The molecule has 0 aliphatic heterocycles. The van der Waals surface area contributed by atoms with E-state index in [1.165, 1.54) is 12.1 Å². The number of aromatic nitrogens is 1. The molecule has 0 aliphatic rings. The third-order valence-electron chi connectivity index (χ3n) is 6.57. The molecule has 8 heteroatoms. The van der Waals surface area contributed by atoms with Crippen LogP contribution in [0.1, 0.15) is 47.0 Å². The summed E-state index contributed by atoms with van der Waals surface area (Å²) in [7, 11) is 0. The van der Waals surface area contributed by atoms with E-state index in [4.69, 9.17) is 42.3 Å². The van der Waals surface area contributed by atoms with Crippen molar-refractivity contribution >= 4 is 29.2 Å². The molecule has 0 aliphatic carbocycles. The van der Waals surface area contributed by atoms with Crippen LogP contribution in [0.5, 0.6) is 11.5 Å². The summed E-state index contributed by atoms with van der Waals surface area (Å²) in [4.78, 5) is 11.0. The smallest absolute Gasteiger partial charge is 0.335 e. The summed E-state index contributed by atoms with van der Waals surface area (Å²) in [5, 5.41) is 14.3. The lowest BCUT2D eigenvalue weighted by Gasteiger charge is -2.11. The summed E-state index contributed by atoms with van der Waals surface area (Å²) in [5.41, 5.74) is 5.36. The molecule has 0 fully saturated rings. The van der Waals surface area contributed by atoms with Gasteiger partial charge in [-0.25, -0.2) is 4.79 Å². The van der Waals surface area contributed by atoms with Crippen LogP contribution in [-0.4, -0.2) is 16.2 Å². The minimum absolute atomic E-state index is 0.101. The molecule has 0 atom stereocenters. The van der Waals surface area contributed by atoms with Crippen LogP contribution in [0.4, 0.5) is 0 Å². The Hall–Kier alpha value is -4.26. The van der Waals surface area contributed by atoms with Gasteiger partial charge in [-0.3, -0.25) is 0 Å². The molecular weight excluding hydrogens is 561 g/mol. The molecule has 0 saturated carbocycles. The molecule has 0 unspecified atom stereocenters. The van der Waals surface area contributed by atoms with Crippen molar-refractivity contribution in [3.05, 3.63) is 123 Å². The van der Waals surface area contributed by atoms with Gasteiger partial charge in [-0.05, 0) is 65.2 Å². The van der Waals surface area contributed by atoms with Crippen molar-refractivity contribution in [3.63, 3.8) is 0 Å². The van der Waals surface area contributed by atoms with Gasteiger partial charge in [0, 0.05) is 11.5 Å². The molecule has 208 valence electrons.